The zero-order chi connectivity index (χ0) is 13.1. The van der Waals surface area contributed by atoms with Crippen LogP contribution in [-0.4, -0.2) is 23.9 Å². The Morgan fingerprint density at radius 1 is 1.35 bits per heavy atom. The Morgan fingerprint density at radius 3 is 2.47 bits per heavy atom. The Balaban J connectivity index is 2.57. The van der Waals surface area contributed by atoms with Gasteiger partial charge in [-0.05, 0) is 18.6 Å². The maximum atomic E-state index is 12.1. The number of benzene rings is 1. The highest BCUT2D eigenvalue weighted by Gasteiger charge is 2.37. The molecule has 1 aromatic carbocycles. The highest BCUT2D eigenvalue weighted by atomic mass is 35.5. The summed E-state index contributed by atoms with van der Waals surface area (Å²) in [5.41, 5.74) is 0.698. The third kappa shape index (κ3) is 4.18. The molecule has 0 bridgehead atoms. The lowest BCUT2D eigenvalue weighted by Crippen LogP contribution is -2.39. The van der Waals surface area contributed by atoms with Gasteiger partial charge in [0.25, 0.3) is 0 Å². The van der Waals surface area contributed by atoms with Gasteiger partial charge in [-0.3, -0.25) is 0 Å². The highest BCUT2D eigenvalue weighted by molar-refractivity contribution is 6.31. The molecule has 0 aliphatic heterocycles. The van der Waals surface area contributed by atoms with Gasteiger partial charge in [-0.15, -0.1) is 0 Å². The topological polar surface area (TPSA) is 32.3 Å². The maximum Gasteiger partial charge on any atom is 0.415 e. The number of aliphatic hydroxyl groups excluding tert-OH is 1. The average Bonchev–Trinajstić information content (AvgIpc) is 2.24. The van der Waals surface area contributed by atoms with Crippen molar-refractivity contribution in [1.82, 2.24) is 5.32 Å². The van der Waals surface area contributed by atoms with Crippen molar-refractivity contribution in [2.45, 2.75) is 25.2 Å². The molecule has 2 N–H and O–H groups in total. The molecule has 2 unspecified atom stereocenters. The van der Waals surface area contributed by atoms with E-state index in [1.807, 2.05) is 0 Å². The minimum atomic E-state index is -4.60. The summed E-state index contributed by atoms with van der Waals surface area (Å²) in [5, 5.41) is 11.9. The summed E-state index contributed by atoms with van der Waals surface area (Å²) in [6.07, 6.45) is -6.97. The molecule has 0 aliphatic rings. The fraction of sp³-hybridized carbons (Fsp3) is 0.455. The van der Waals surface area contributed by atoms with Crippen molar-refractivity contribution in [2.24, 2.45) is 0 Å². The summed E-state index contributed by atoms with van der Waals surface area (Å²) in [6.45, 7) is 1.13. The van der Waals surface area contributed by atoms with Crippen LogP contribution in [0.3, 0.4) is 0 Å². The van der Waals surface area contributed by atoms with Crippen molar-refractivity contribution in [3.63, 3.8) is 0 Å². The van der Waals surface area contributed by atoms with Gasteiger partial charge in [0, 0.05) is 17.6 Å². The quantitative estimate of drug-likeness (QED) is 0.879. The molecule has 1 rings (SSSR count). The summed E-state index contributed by atoms with van der Waals surface area (Å²) < 4.78 is 36.2. The van der Waals surface area contributed by atoms with Crippen molar-refractivity contribution in [1.29, 1.82) is 0 Å². The predicted octanol–water partition coefficient (Wildman–Crippen LogP) is 2.91. The van der Waals surface area contributed by atoms with Gasteiger partial charge in [0.2, 0.25) is 0 Å². The van der Waals surface area contributed by atoms with Crippen molar-refractivity contribution in [3.8, 4) is 0 Å². The molecular formula is C11H13ClF3NO. The molecule has 0 fully saturated rings. The molecule has 0 saturated heterocycles. The van der Waals surface area contributed by atoms with E-state index < -0.39 is 18.8 Å². The number of alkyl halides is 3. The minimum Gasteiger partial charge on any atom is -0.382 e. The Labute approximate surface area is 102 Å². The molecule has 2 nitrogen and oxygen atoms in total. The van der Waals surface area contributed by atoms with Gasteiger partial charge in [-0.2, -0.15) is 13.2 Å². The molecule has 1 aromatic rings. The standard InChI is InChI=1S/C11H13ClF3NO/c1-7(8-4-2-3-5-9(8)12)16-6-10(17)11(13,14)15/h2-5,7,10,16-17H,6H2,1H3. The monoisotopic (exact) mass is 267 g/mol. The first-order chi connectivity index (χ1) is 7.82. The summed E-state index contributed by atoms with van der Waals surface area (Å²) in [7, 11) is 0. The van der Waals surface area contributed by atoms with Crippen LogP contribution in [-0.2, 0) is 0 Å². The Hall–Kier alpha value is -0.780. The summed E-state index contributed by atoms with van der Waals surface area (Å²) in [5.74, 6) is 0. The van der Waals surface area contributed by atoms with E-state index in [-0.39, 0.29) is 6.04 Å². The highest BCUT2D eigenvalue weighted by Crippen LogP contribution is 2.23. The molecule has 0 aromatic heterocycles. The van der Waals surface area contributed by atoms with Crippen molar-refractivity contribution >= 4 is 11.6 Å². The smallest absolute Gasteiger partial charge is 0.382 e. The molecule has 0 saturated carbocycles. The zero-order valence-electron chi connectivity index (χ0n) is 9.13. The summed E-state index contributed by atoms with van der Waals surface area (Å²) in [6, 6.07) is 6.51. The summed E-state index contributed by atoms with van der Waals surface area (Å²) >= 11 is 5.90. The molecular weight excluding hydrogens is 255 g/mol. The van der Waals surface area contributed by atoms with E-state index in [2.05, 4.69) is 5.32 Å². The lowest BCUT2D eigenvalue weighted by Gasteiger charge is -2.19. The van der Waals surface area contributed by atoms with E-state index in [1.165, 1.54) is 0 Å². The first-order valence-corrected chi connectivity index (χ1v) is 5.42. The minimum absolute atomic E-state index is 0.360. The number of halogens is 4. The van der Waals surface area contributed by atoms with Gasteiger partial charge >= 0.3 is 6.18 Å². The van der Waals surface area contributed by atoms with Crippen molar-refractivity contribution < 1.29 is 18.3 Å². The van der Waals surface area contributed by atoms with Gasteiger partial charge in [0.05, 0.1) is 0 Å². The first-order valence-electron chi connectivity index (χ1n) is 5.05. The van der Waals surface area contributed by atoms with E-state index >= 15 is 0 Å². The van der Waals surface area contributed by atoms with Crippen molar-refractivity contribution in [3.05, 3.63) is 34.9 Å². The Morgan fingerprint density at radius 2 is 1.94 bits per heavy atom. The van der Waals surface area contributed by atoms with Crippen LogP contribution in [0.15, 0.2) is 24.3 Å². The number of hydrogen-bond donors (Lipinski definition) is 2. The maximum absolute atomic E-state index is 12.1. The van der Waals surface area contributed by atoms with Gasteiger partial charge < -0.3 is 10.4 Å². The van der Waals surface area contributed by atoms with Gasteiger partial charge in [0.1, 0.15) is 0 Å². The Kier molecular flexibility index (Phi) is 4.80. The molecule has 0 amide bonds. The van der Waals surface area contributed by atoms with Crippen LogP contribution < -0.4 is 5.32 Å². The second-order valence-corrected chi connectivity index (χ2v) is 4.12. The normalized spacial score (nSPS) is 15.6. The van der Waals surface area contributed by atoms with E-state index in [1.54, 1.807) is 31.2 Å². The molecule has 96 valence electrons. The number of hydrogen-bond acceptors (Lipinski definition) is 2. The molecule has 6 heteroatoms. The van der Waals surface area contributed by atoms with Crippen LogP contribution in [0.4, 0.5) is 13.2 Å². The van der Waals surface area contributed by atoms with E-state index in [4.69, 9.17) is 16.7 Å². The second kappa shape index (κ2) is 5.71. The van der Waals surface area contributed by atoms with Crippen LogP contribution in [0.25, 0.3) is 0 Å². The van der Waals surface area contributed by atoms with E-state index in [9.17, 15) is 13.2 Å². The van der Waals surface area contributed by atoms with Crippen molar-refractivity contribution in [2.75, 3.05) is 6.54 Å². The first kappa shape index (κ1) is 14.3. The molecule has 2 atom stereocenters. The van der Waals surface area contributed by atoms with Crippen LogP contribution in [0.5, 0.6) is 0 Å². The van der Waals surface area contributed by atoms with Gasteiger partial charge in [0.15, 0.2) is 6.10 Å². The lowest BCUT2D eigenvalue weighted by molar-refractivity contribution is -0.202. The van der Waals surface area contributed by atoms with Crippen LogP contribution in [0.2, 0.25) is 5.02 Å². The third-order valence-corrected chi connectivity index (χ3v) is 2.71. The van der Waals surface area contributed by atoms with Crippen LogP contribution in [0, 0.1) is 0 Å². The predicted molar refractivity (Wildman–Crippen MR) is 59.9 cm³/mol. The fourth-order valence-corrected chi connectivity index (χ4v) is 1.64. The molecule has 0 aliphatic carbocycles. The zero-order valence-corrected chi connectivity index (χ0v) is 9.89. The average molecular weight is 268 g/mol. The third-order valence-electron chi connectivity index (χ3n) is 2.37. The van der Waals surface area contributed by atoms with Crippen LogP contribution >= 0.6 is 11.6 Å². The summed E-state index contributed by atoms with van der Waals surface area (Å²) in [4.78, 5) is 0. The SMILES string of the molecule is CC(NCC(O)C(F)(F)F)c1ccccc1Cl. The number of rotatable bonds is 4. The molecule has 0 heterocycles. The van der Waals surface area contributed by atoms with E-state index in [0.29, 0.717) is 10.6 Å². The second-order valence-electron chi connectivity index (χ2n) is 3.71. The molecule has 0 radical (unpaired) electrons. The Bertz CT molecular complexity index is 370. The fourth-order valence-electron chi connectivity index (χ4n) is 1.34. The largest absolute Gasteiger partial charge is 0.415 e. The number of aliphatic hydroxyl groups is 1. The molecule has 0 spiro atoms. The number of nitrogens with one attached hydrogen (secondary N) is 1. The van der Waals surface area contributed by atoms with Gasteiger partial charge in [-0.1, -0.05) is 29.8 Å². The molecule has 17 heavy (non-hydrogen) atoms. The lowest BCUT2D eigenvalue weighted by atomic mass is 10.1. The van der Waals surface area contributed by atoms with Gasteiger partial charge in [-0.25, -0.2) is 0 Å². The van der Waals surface area contributed by atoms with E-state index in [0.717, 1.165) is 0 Å². The van der Waals surface area contributed by atoms with Crippen LogP contribution in [0.1, 0.15) is 18.5 Å².